The molecule has 0 radical (unpaired) electrons. The van der Waals surface area contributed by atoms with Gasteiger partial charge in [0.05, 0.1) is 10.3 Å². The first-order valence-corrected chi connectivity index (χ1v) is 11.5. The number of carbonyl (C=O) groups excluding carboxylic acids is 1. The Kier molecular flexibility index (Phi) is 5.88. The van der Waals surface area contributed by atoms with E-state index in [0.717, 1.165) is 6.07 Å². The summed E-state index contributed by atoms with van der Waals surface area (Å²) < 4.78 is 33.1. The van der Waals surface area contributed by atoms with Gasteiger partial charge in [-0.3, -0.25) is 9.59 Å². The molecule has 0 aliphatic heterocycles. The number of carbonyl (C=O) groups is 1. The number of aryl methyl sites for hydroxylation is 2. The normalized spacial score (nSPS) is 11.4. The second kappa shape index (κ2) is 8.64. The van der Waals surface area contributed by atoms with Gasteiger partial charge in [0.15, 0.2) is 11.2 Å². The Morgan fingerprint density at radius 1 is 0.970 bits per heavy atom. The summed E-state index contributed by atoms with van der Waals surface area (Å²) in [6, 6.07) is 12.8. The fourth-order valence-corrected chi connectivity index (χ4v) is 4.22. The molecule has 0 saturated carbocycles. The lowest BCUT2D eigenvalue weighted by atomic mass is 10.2. The Hall–Kier alpha value is -3.76. The lowest BCUT2D eigenvalue weighted by Gasteiger charge is -2.09. The predicted molar refractivity (Wildman–Crippen MR) is 124 cm³/mol. The minimum Gasteiger partial charge on any atom is -0.451 e. The van der Waals surface area contributed by atoms with Gasteiger partial charge in [0.25, 0.3) is 15.9 Å². The molecule has 4 aromatic rings. The van der Waals surface area contributed by atoms with E-state index in [1.165, 1.54) is 36.4 Å². The number of fused-ring (bicyclic) bond motifs is 1. The number of aromatic nitrogens is 2. The van der Waals surface area contributed by atoms with Crippen LogP contribution in [0.2, 0.25) is 5.02 Å². The van der Waals surface area contributed by atoms with Crippen LogP contribution in [0.15, 0.2) is 68.7 Å². The Bertz CT molecular complexity index is 1530. The van der Waals surface area contributed by atoms with Crippen molar-refractivity contribution in [3.63, 3.8) is 0 Å². The van der Waals surface area contributed by atoms with Crippen LogP contribution in [0, 0.1) is 13.8 Å². The van der Waals surface area contributed by atoms with Gasteiger partial charge in [0.1, 0.15) is 5.58 Å². The second-order valence-corrected chi connectivity index (χ2v) is 9.29. The van der Waals surface area contributed by atoms with Gasteiger partial charge in [-0.1, -0.05) is 11.6 Å². The van der Waals surface area contributed by atoms with Gasteiger partial charge in [0.2, 0.25) is 5.95 Å². The number of hydrogen-bond acceptors (Lipinski definition) is 7. The third-order valence-corrected chi connectivity index (χ3v) is 6.12. The van der Waals surface area contributed by atoms with E-state index in [1.54, 1.807) is 26.0 Å². The number of nitrogens with one attached hydrogen (secondary N) is 2. The van der Waals surface area contributed by atoms with Crippen molar-refractivity contribution < 1.29 is 17.6 Å². The van der Waals surface area contributed by atoms with Crippen LogP contribution in [0.3, 0.4) is 0 Å². The van der Waals surface area contributed by atoms with E-state index in [4.69, 9.17) is 16.0 Å². The fraction of sp³-hybridized carbons (Fsp3) is 0.0909. The quantitative estimate of drug-likeness (QED) is 0.439. The molecule has 0 spiro atoms. The van der Waals surface area contributed by atoms with Crippen LogP contribution in [-0.4, -0.2) is 24.3 Å². The van der Waals surface area contributed by atoms with Gasteiger partial charge in [0, 0.05) is 28.2 Å². The second-order valence-electron chi connectivity index (χ2n) is 7.17. The van der Waals surface area contributed by atoms with Gasteiger partial charge in [-0.2, -0.15) is 0 Å². The summed E-state index contributed by atoms with van der Waals surface area (Å²) in [5.74, 6) is -0.890. The highest BCUT2D eigenvalue weighted by Crippen LogP contribution is 2.20. The van der Waals surface area contributed by atoms with E-state index in [9.17, 15) is 18.0 Å². The molecule has 0 aliphatic rings. The number of halogens is 1. The van der Waals surface area contributed by atoms with Crippen molar-refractivity contribution in [3.05, 3.63) is 87.0 Å². The first kappa shape index (κ1) is 22.4. The average Bonchev–Trinajstić information content (AvgIpc) is 2.73. The van der Waals surface area contributed by atoms with E-state index in [-0.39, 0.29) is 27.6 Å². The Balaban J connectivity index is 1.52. The minimum atomic E-state index is -3.94. The summed E-state index contributed by atoms with van der Waals surface area (Å²) in [5, 5.41) is 3.20. The summed E-state index contributed by atoms with van der Waals surface area (Å²) in [6.45, 7) is 3.47. The molecule has 2 heterocycles. The van der Waals surface area contributed by atoms with Crippen LogP contribution < -0.4 is 15.5 Å². The van der Waals surface area contributed by atoms with Gasteiger partial charge < -0.3 is 9.73 Å². The van der Waals surface area contributed by atoms with E-state index in [2.05, 4.69) is 20.0 Å². The fourth-order valence-electron chi connectivity index (χ4n) is 3.10. The van der Waals surface area contributed by atoms with E-state index < -0.39 is 21.4 Å². The third-order valence-electron chi connectivity index (χ3n) is 4.54. The highest BCUT2D eigenvalue weighted by atomic mass is 35.5. The molecule has 0 unspecified atom stereocenters. The molecular formula is C22H17ClN4O5S. The smallest absolute Gasteiger partial charge is 0.291 e. The zero-order chi connectivity index (χ0) is 23.8. The van der Waals surface area contributed by atoms with Crippen molar-refractivity contribution in [3.8, 4) is 0 Å². The van der Waals surface area contributed by atoms with Gasteiger partial charge in [-0.15, -0.1) is 0 Å². The number of anilines is 2. The molecular weight excluding hydrogens is 468 g/mol. The van der Waals surface area contributed by atoms with Crippen molar-refractivity contribution in [2.75, 3.05) is 10.0 Å². The molecule has 2 aromatic carbocycles. The molecule has 168 valence electrons. The van der Waals surface area contributed by atoms with E-state index in [1.807, 2.05) is 0 Å². The summed E-state index contributed by atoms with van der Waals surface area (Å²) in [7, 11) is -3.94. The maximum absolute atomic E-state index is 12.6. The monoisotopic (exact) mass is 484 g/mol. The lowest BCUT2D eigenvalue weighted by molar-refractivity contribution is 0.0997. The number of rotatable bonds is 5. The Morgan fingerprint density at radius 2 is 1.64 bits per heavy atom. The Morgan fingerprint density at radius 3 is 2.30 bits per heavy atom. The molecule has 4 rings (SSSR count). The molecule has 9 nitrogen and oxygen atoms in total. The predicted octanol–water partition coefficient (Wildman–Crippen LogP) is 3.91. The minimum absolute atomic E-state index is 0.0301. The molecule has 0 bridgehead atoms. The summed E-state index contributed by atoms with van der Waals surface area (Å²) in [6.07, 6.45) is 0. The van der Waals surface area contributed by atoms with E-state index in [0.29, 0.717) is 22.1 Å². The standard InChI is InChI=1S/C22H17ClN4O5S/c1-12-9-13(2)25-22(24-12)27-33(30,31)16-6-4-15(5-7-16)26-21(29)20-11-18(28)17-10-14(23)3-8-19(17)32-20/h3-11H,1-2H3,(H,26,29)(H,24,25,27). The van der Waals surface area contributed by atoms with Crippen LogP contribution in [0.1, 0.15) is 21.9 Å². The van der Waals surface area contributed by atoms with E-state index >= 15 is 0 Å². The van der Waals surface area contributed by atoms with Crippen molar-refractivity contribution in [2.24, 2.45) is 0 Å². The zero-order valence-corrected chi connectivity index (χ0v) is 19.0. The van der Waals surface area contributed by atoms with Crippen LogP contribution >= 0.6 is 11.6 Å². The van der Waals surface area contributed by atoms with Gasteiger partial charge >= 0.3 is 0 Å². The molecule has 33 heavy (non-hydrogen) atoms. The van der Waals surface area contributed by atoms with Crippen molar-refractivity contribution >= 4 is 50.1 Å². The molecule has 0 saturated heterocycles. The van der Waals surface area contributed by atoms with Crippen LogP contribution in [0.4, 0.5) is 11.6 Å². The third kappa shape index (κ3) is 5.02. The lowest BCUT2D eigenvalue weighted by Crippen LogP contribution is -2.17. The topological polar surface area (TPSA) is 131 Å². The molecule has 0 fully saturated rings. The van der Waals surface area contributed by atoms with Crippen molar-refractivity contribution in [1.82, 2.24) is 9.97 Å². The Labute approximate surface area is 193 Å². The largest absolute Gasteiger partial charge is 0.451 e. The molecule has 2 aromatic heterocycles. The number of hydrogen-bond donors (Lipinski definition) is 2. The highest BCUT2D eigenvalue weighted by Gasteiger charge is 2.17. The first-order valence-electron chi connectivity index (χ1n) is 9.61. The van der Waals surface area contributed by atoms with Crippen molar-refractivity contribution in [1.29, 1.82) is 0 Å². The average molecular weight is 485 g/mol. The maximum Gasteiger partial charge on any atom is 0.291 e. The summed E-state index contributed by atoms with van der Waals surface area (Å²) in [4.78, 5) is 32.9. The molecule has 1 amide bonds. The number of sulfonamides is 1. The van der Waals surface area contributed by atoms with Crippen molar-refractivity contribution in [2.45, 2.75) is 18.7 Å². The van der Waals surface area contributed by atoms with Crippen LogP contribution in [-0.2, 0) is 10.0 Å². The summed E-state index contributed by atoms with van der Waals surface area (Å²) >= 11 is 5.89. The molecule has 0 atom stereocenters. The molecule has 2 N–H and O–H groups in total. The first-order chi connectivity index (χ1) is 15.6. The van der Waals surface area contributed by atoms with Crippen LogP contribution in [0.5, 0.6) is 0 Å². The molecule has 0 aliphatic carbocycles. The maximum atomic E-state index is 12.6. The SMILES string of the molecule is Cc1cc(C)nc(NS(=O)(=O)c2ccc(NC(=O)c3cc(=O)c4cc(Cl)ccc4o3)cc2)n1. The van der Waals surface area contributed by atoms with Gasteiger partial charge in [-0.25, -0.2) is 23.1 Å². The molecule has 11 heteroatoms. The number of nitrogens with zero attached hydrogens (tertiary/aromatic N) is 2. The number of benzene rings is 2. The zero-order valence-electron chi connectivity index (χ0n) is 17.4. The van der Waals surface area contributed by atoms with Crippen LogP contribution in [0.25, 0.3) is 11.0 Å². The van der Waals surface area contributed by atoms with Gasteiger partial charge in [-0.05, 0) is 62.4 Å². The number of amides is 1. The highest BCUT2D eigenvalue weighted by molar-refractivity contribution is 7.92. The summed E-state index contributed by atoms with van der Waals surface area (Å²) in [5.41, 5.74) is 1.37.